The number of carbonyl (C=O) groups is 3. The minimum absolute atomic E-state index is 0.0854. The van der Waals surface area contributed by atoms with E-state index in [9.17, 15) is 14.4 Å². The van der Waals surface area contributed by atoms with Gasteiger partial charge in [0.15, 0.2) is 12.7 Å². The first kappa shape index (κ1) is 20.0. The predicted molar refractivity (Wildman–Crippen MR) is 96.0 cm³/mol. The van der Waals surface area contributed by atoms with Crippen LogP contribution in [0.2, 0.25) is 5.02 Å². The second-order valence-electron chi connectivity index (χ2n) is 6.17. The van der Waals surface area contributed by atoms with Gasteiger partial charge in [-0.25, -0.2) is 9.59 Å². The summed E-state index contributed by atoms with van der Waals surface area (Å²) < 4.78 is 10.2. The van der Waals surface area contributed by atoms with Crippen molar-refractivity contribution in [3.8, 4) is 5.75 Å². The largest absolute Gasteiger partial charge is 0.482 e. The molecule has 0 bridgehead atoms. The fourth-order valence-corrected chi connectivity index (χ4v) is 2.77. The third-order valence-electron chi connectivity index (χ3n) is 4.02. The molecule has 0 radical (unpaired) electrons. The molecule has 0 aliphatic heterocycles. The topological polar surface area (TPSA) is 93.7 Å². The molecule has 1 aromatic carbocycles. The molecule has 0 unspecified atom stereocenters. The SMILES string of the molecule is C[C@@H](OC(=O)COc1ccc(Cl)cc1)C(=O)NC(=O)NC1CCCCC1. The van der Waals surface area contributed by atoms with E-state index in [1.54, 1.807) is 24.3 Å². The molecule has 1 aromatic rings. The highest BCUT2D eigenvalue weighted by atomic mass is 35.5. The van der Waals surface area contributed by atoms with Crippen LogP contribution in [0.25, 0.3) is 0 Å². The number of benzene rings is 1. The van der Waals surface area contributed by atoms with Crippen LogP contribution < -0.4 is 15.4 Å². The molecule has 26 heavy (non-hydrogen) atoms. The highest BCUT2D eigenvalue weighted by Crippen LogP contribution is 2.17. The Morgan fingerprint density at radius 2 is 1.81 bits per heavy atom. The molecule has 142 valence electrons. The molecule has 1 aliphatic carbocycles. The molecule has 0 heterocycles. The van der Waals surface area contributed by atoms with Crippen LogP contribution in [0, 0.1) is 0 Å². The maximum atomic E-state index is 11.9. The van der Waals surface area contributed by atoms with Crippen molar-refractivity contribution < 1.29 is 23.9 Å². The monoisotopic (exact) mass is 382 g/mol. The Kier molecular flexibility index (Phi) is 7.72. The van der Waals surface area contributed by atoms with Crippen molar-refractivity contribution in [1.82, 2.24) is 10.6 Å². The lowest BCUT2D eigenvalue weighted by molar-refractivity contribution is -0.156. The van der Waals surface area contributed by atoms with Crippen LogP contribution in [0.3, 0.4) is 0 Å². The molecule has 0 aromatic heterocycles. The molecular formula is C18H23ClN2O5. The Labute approximate surface area is 157 Å². The quantitative estimate of drug-likeness (QED) is 0.738. The number of ether oxygens (including phenoxy) is 2. The number of halogens is 1. The van der Waals surface area contributed by atoms with Crippen molar-refractivity contribution >= 4 is 29.5 Å². The highest BCUT2D eigenvalue weighted by molar-refractivity contribution is 6.30. The first-order valence-electron chi connectivity index (χ1n) is 8.63. The first-order chi connectivity index (χ1) is 12.4. The van der Waals surface area contributed by atoms with Crippen LogP contribution in [0.5, 0.6) is 5.75 Å². The fraction of sp³-hybridized carbons (Fsp3) is 0.500. The number of nitrogens with one attached hydrogen (secondary N) is 2. The van der Waals surface area contributed by atoms with Crippen molar-refractivity contribution in [3.05, 3.63) is 29.3 Å². The standard InChI is InChI=1S/C18H23ClN2O5/c1-12(17(23)21-18(24)20-14-5-3-2-4-6-14)26-16(22)11-25-15-9-7-13(19)8-10-15/h7-10,12,14H,2-6,11H2,1H3,(H2,20,21,23,24)/t12-/m1/s1. The Balaban J connectivity index is 1.68. The van der Waals surface area contributed by atoms with Crippen LogP contribution in [0.4, 0.5) is 4.79 Å². The number of imide groups is 1. The second-order valence-corrected chi connectivity index (χ2v) is 6.61. The van der Waals surface area contributed by atoms with E-state index in [4.69, 9.17) is 21.1 Å². The molecule has 2 rings (SSSR count). The number of urea groups is 1. The average Bonchev–Trinajstić information content (AvgIpc) is 2.62. The maximum Gasteiger partial charge on any atom is 0.344 e. The lowest BCUT2D eigenvalue weighted by Crippen LogP contribution is -2.48. The Morgan fingerprint density at radius 3 is 2.46 bits per heavy atom. The van der Waals surface area contributed by atoms with Crippen molar-refractivity contribution in [1.29, 1.82) is 0 Å². The molecule has 8 heteroatoms. The summed E-state index contributed by atoms with van der Waals surface area (Å²) in [5.41, 5.74) is 0. The summed E-state index contributed by atoms with van der Waals surface area (Å²) in [7, 11) is 0. The number of esters is 1. The van der Waals surface area contributed by atoms with E-state index in [0.29, 0.717) is 10.8 Å². The van der Waals surface area contributed by atoms with Crippen molar-refractivity contribution in [2.24, 2.45) is 0 Å². The third-order valence-corrected chi connectivity index (χ3v) is 4.28. The van der Waals surface area contributed by atoms with E-state index < -0.39 is 24.0 Å². The van der Waals surface area contributed by atoms with Gasteiger partial charge in [-0.1, -0.05) is 30.9 Å². The summed E-state index contributed by atoms with van der Waals surface area (Å²) in [5, 5.41) is 5.51. The molecule has 3 amide bonds. The van der Waals surface area contributed by atoms with E-state index in [1.807, 2.05) is 0 Å². The van der Waals surface area contributed by atoms with Gasteiger partial charge in [0.1, 0.15) is 5.75 Å². The minimum atomic E-state index is -1.10. The lowest BCUT2D eigenvalue weighted by Gasteiger charge is -2.23. The van der Waals surface area contributed by atoms with Gasteiger partial charge in [-0.2, -0.15) is 0 Å². The lowest BCUT2D eigenvalue weighted by atomic mass is 9.96. The maximum absolute atomic E-state index is 11.9. The molecule has 0 spiro atoms. The van der Waals surface area contributed by atoms with Crippen LogP contribution in [0.15, 0.2) is 24.3 Å². The number of hydrogen-bond donors (Lipinski definition) is 2. The van der Waals surface area contributed by atoms with Crippen molar-refractivity contribution in [2.75, 3.05) is 6.61 Å². The molecule has 7 nitrogen and oxygen atoms in total. The predicted octanol–water partition coefficient (Wildman–Crippen LogP) is 2.81. The molecule has 1 atom stereocenters. The number of carbonyl (C=O) groups excluding carboxylic acids is 3. The number of rotatable bonds is 6. The van der Waals surface area contributed by atoms with E-state index in [-0.39, 0.29) is 12.6 Å². The van der Waals surface area contributed by atoms with Gasteiger partial charge in [-0.15, -0.1) is 0 Å². The van der Waals surface area contributed by atoms with Gasteiger partial charge in [0.05, 0.1) is 0 Å². The number of amides is 3. The summed E-state index contributed by atoms with van der Waals surface area (Å²) in [6.07, 6.45) is 4.03. The van der Waals surface area contributed by atoms with Gasteiger partial charge >= 0.3 is 12.0 Å². The van der Waals surface area contributed by atoms with E-state index >= 15 is 0 Å². The van der Waals surface area contributed by atoms with Gasteiger partial charge < -0.3 is 14.8 Å². The molecule has 1 fully saturated rings. The molecule has 1 saturated carbocycles. The molecule has 0 saturated heterocycles. The van der Waals surface area contributed by atoms with Crippen molar-refractivity contribution in [2.45, 2.75) is 51.2 Å². The zero-order valence-corrected chi connectivity index (χ0v) is 15.4. The van der Waals surface area contributed by atoms with E-state index in [2.05, 4.69) is 10.6 Å². The van der Waals surface area contributed by atoms with Gasteiger partial charge in [0, 0.05) is 11.1 Å². The molecule has 1 aliphatic rings. The normalized spacial score (nSPS) is 15.6. The third kappa shape index (κ3) is 6.92. The van der Waals surface area contributed by atoms with Crippen LogP contribution in [-0.4, -0.2) is 36.7 Å². The van der Waals surface area contributed by atoms with Crippen LogP contribution in [-0.2, 0) is 14.3 Å². The molecular weight excluding hydrogens is 360 g/mol. The first-order valence-corrected chi connectivity index (χ1v) is 9.01. The number of hydrogen-bond acceptors (Lipinski definition) is 5. The zero-order valence-electron chi connectivity index (χ0n) is 14.6. The highest BCUT2D eigenvalue weighted by Gasteiger charge is 2.22. The molecule has 2 N–H and O–H groups in total. The van der Waals surface area contributed by atoms with Crippen LogP contribution in [0.1, 0.15) is 39.0 Å². The van der Waals surface area contributed by atoms with E-state index in [0.717, 1.165) is 25.7 Å². The van der Waals surface area contributed by atoms with Crippen molar-refractivity contribution in [3.63, 3.8) is 0 Å². The minimum Gasteiger partial charge on any atom is -0.482 e. The van der Waals surface area contributed by atoms with Gasteiger partial charge in [-0.3, -0.25) is 10.1 Å². The fourth-order valence-electron chi connectivity index (χ4n) is 2.64. The Bertz CT molecular complexity index is 629. The van der Waals surface area contributed by atoms with Gasteiger partial charge in [-0.05, 0) is 44.0 Å². The van der Waals surface area contributed by atoms with Gasteiger partial charge in [0.25, 0.3) is 5.91 Å². The zero-order chi connectivity index (χ0) is 18.9. The second kappa shape index (κ2) is 10.0. The smallest absolute Gasteiger partial charge is 0.344 e. The van der Waals surface area contributed by atoms with Gasteiger partial charge in [0.2, 0.25) is 0 Å². The summed E-state index contributed by atoms with van der Waals surface area (Å²) in [5.74, 6) is -0.941. The summed E-state index contributed by atoms with van der Waals surface area (Å²) in [6.45, 7) is 1.04. The van der Waals surface area contributed by atoms with Crippen LogP contribution >= 0.6 is 11.6 Å². The Morgan fingerprint density at radius 1 is 1.15 bits per heavy atom. The summed E-state index contributed by atoms with van der Waals surface area (Å²) >= 11 is 5.76. The average molecular weight is 383 g/mol. The summed E-state index contributed by atoms with van der Waals surface area (Å²) in [6, 6.07) is 6.00. The summed E-state index contributed by atoms with van der Waals surface area (Å²) in [4.78, 5) is 35.5. The Hall–Kier alpha value is -2.28. The van der Waals surface area contributed by atoms with E-state index in [1.165, 1.54) is 13.3 Å².